The maximum atomic E-state index is 14.3. The van der Waals surface area contributed by atoms with E-state index < -0.39 is 17.9 Å². The first-order valence-electron chi connectivity index (χ1n) is 12.7. The molecule has 1 fully saturated rings. The number of anilines is 1. The number of rotatable bonds is 5. The highest BCUT2D eigenvalue weighted by Gasteiger charge is 2.29. The van der Waals surface area contributed by atoms with Gasteiger partial charge in [0.2, 0.25) is 11.9 Å². The van der Waals surface area contributed by atoms with E-state index in [1.54, 1.807) is 23.1 Å². The van der Waals surface area contributed by atoms with Crippen LogP contribution in [0.2, 0.25) is 0 Å². The summed E-state index contributed by atoms with van der Waals surface area (Å²) in [6.45, 7) is 8.05. The van der Waals surface area contributed by atoms with Crippen molar-refractivity contribution in [1.82, 2.24) is 29.4 Å². The zero-order valence-electron chi connectivity index (χ0n) is 22.4. The summed E-state index contributed by atoms with van der Waals surface area (Å²) < 4.78 is 46.1. The Kier molecular flexibility index (Phi) is 7.34. The predicted octanol–water partition coefficient (Wildman–Crippen LogP) is 4.02. The number of piperazine rings is 1. The Balaban J connectivity index is 1.55. The van der Waals surface area contributed by atoms with Crippen molar-refractivity contribution in [2.45, 2.75) is 39.2 Å². The second-order valence-corrected chi connectivity index (χ2v) is 10.2. The van der Waals surface area contributed by atoms with Crippen molar-refractivity contribution in [2.24, 2.45) is 0 Å². The summed E-state index contributed by atoms with van der Waals surface area (Å²) >= 11 is 0. The molecule has 5 rings (SSSR count). The second-order valence-electron chi connectivity index (χ2n) is 10.2. The molecule has 11 nitrogen and oxygen atoms in total. The molecular formula is C26H31F2N7O4. The maximum absolute atomic E-state index is 14.3. The average Bonchev–Trinajstić information content (AvgIpc) is 3.33. The van der Waals surface area contributed by atoms with Crippen LogP contribution in [0.3, 0.4) is 0 Å². The van der Waals surface area contributed by atoms with Gasteiger partial charge in [0.15, 0.2) is 11.6 Å². The summed E-state index contributed by atoms with van der Waals surface area (Å²) in [6.07, 6.45) is -0.803. The predicted molar refractivity (Wildman–Crippen MR) is 139 cm³/mol. The number of para-hydroxylation sites is 1. The number of ether oxygens (including phenoxy) is 3. The second kappa shape index (κ2) is 10.7. The van der Waals surface area contributed by atoms with Crippen LogP contribution in [0, 0.1) is 0 Å². The van der Waals surface area contributed by atoms with E-state index in [0.29, 0.717) is 68.9 Å². The number of carbonyl (C=O) groups is 1. The van der Waals surface area contributed by atoms with Gasteiger partial charge in [-0.2, -0.15) is 15.0 Å². The molecule has 0 N–H and O–H groups in total. The zero-order chi connectivity index (χ0) is 27.7. The van der Waals surface area contributed by atoms with Gasteiger partial charge in [-0.25, -0.2) is 18.6 Å². The normalized spacial score (nSPS) is 16.5. The molecule has 208 valence electrons. The molecule has 0 radical (unpaired) electrons. The van der Waals surface area contributed by atoms with Gasteiger partial charge in [0.1, 0.15) is 16.9 Å². The first-order valence-corrected chi connectivity index (χ1v) is 12.7. The van der Waals surface area contributed by atoms with Crippen LogP contribution in [0.1, 0.15) is 45.3 Å². The molecule has 3 aromatic rings. The van der Waals surface area contributed by atoms with Crippen molar-refractivity contribution in [1.29, 1.82) is 0 Å². The highest BCUT2D eigenvalue weighted by molar-refractivity contribution is 5.84. The molecule has 2 aliphatic heterocycles. The quantitative estimate of drug-likeness (QED) is 0.472. The number of alkyl halides is 2. The molecule has 0 bridgehead atoms. The number of hydrogen-bond acceptors (Lipinski definition) is 9. The monoisotopic (exact) mass is 543 g/mol. The van der Waals surface area contributed by atoms with E-state index >= 15 is 0 Å². The molecule has 1 saturated heterocycles. The molecule has 0 unspecified atom stereocenters. The van der Waals surface area contributed by atoms with Gasteiger partial charge in [-0.05, 0) is 44.9 Å². The Morgan fingerprint density at radius 1 is 1.05 bits per heavy atom. The zero-order valence-corrected chi connectivity index (χ0v) is 22.4. The third kappa shape index (κ3) is 5.63. The number of methoxy groups -OCH3 is 1. The van der Waals surface area contributed by atoms with Crippen LogP contribution in [-0.4, -0.2) is 87.6 Å². The standard InChI is InChI=1S/C26H31F2N7O4/c1-26(2,3)39-25(36)34-12-10-33(11-13-34)23-30-21(16-8-14-38-15-9-16)31-24(32-23)35-17-6-5-7-18(37-4)19(17)29-22(35)20(27)28/h5-8,20H,9-15H2,1-4H3. The fourth-order valence-electron chi connectivity index (χ4n) is 4.50. The molecule has 1 aromatic carbocycles. The van der Waals surface area contributed by atoms with Crippen LogP contribution in [0.25, 0.3) is 22.6 Å². The molecule has 0 aliphatic carbocycles. The molecule has 2 aliphatic rings. The van der Waals surface area contributed by atoms with Crippen LogP contribution in [0.15, 0.2) is 24.3 Å². The smallest absolute Gasteiger partial charge is 0.410 e. The van der Waals surface area contributed by atoms with Gasteiger partial charge in [-0.3, -0.25) is 4.57 Å². The van der Waals surface area contributed by atoms with E-state index in [4.69, 9.17) is 19.2 Å². The molecule has 4 heterocycles. The third-order valence-electron chi connectivity index (χ3n) is 6.37. The van der Waals surface area contributed by atoms with Gasteiger partial charge < -0.3 is 24.0 Å². The van der Waals surface area contributed by atoms with Crippen molar-refractivity contribution < 1.29 is 27.8 Å². The lowest BCUT2D eigenvalue weighted by molar-refractivity contribution is 0.0240. The van der Waals surface area contributed by atoms with E-state index in [1.807, 2.05) is 31.7 Å². The molecule has 13 heteroatoms. The van der Waals surface area contributed by atoms with Crippen LogP contribution in [0.4, 0.5) is 19.5 Å². The minimum Gasteiger partial charge on any atom is -0.494 e. The minimum atomic E-state index is -2.88. The first-order chi connectivity index (χ1) is 18.6. The van der Waals surface area contributed by atoms with Gasteiger partial charge in [-0.15, -0.1) is 0 Å². The number of benzene rings is 1. The van der Waals surface area contributed by atoms with Crippen molar-refractivity contribution >= 4 is 28.6 Å². The van der Waals surface area contributed by atoms with Gasteiger partial charge in [-0.1, -0.05) is 12.1 Å². The maximum Gasteiger partial charge on any atom is 0.410 e. The summed E-state index contributed by atoms with van der Waals surface area (Å²) in [6, 6.07) is 5.04. The summed E-state index contributed by atoms with van der Waals surface area (Å²) in [7, 11) is 1.46. The number of hydrogen-bond donors (Lipinski definition) is 0. The summed E-state index contributed by atoms with van der Waals surface area (Å²) in [5.41, 5.74) is 0.931. The lowest BCUT2D eigenvalue weighted by Gasteiger charge is -2.35. The minimum absolute atomic E-state index is 0.0306. The van der Waals surface area contributed by atoms with Gasteiger partial charge >= 0.3 is 6.09 Å². The lowest BCUT2D eigenvalue weighted by atomic mass is 10.1. The molecule has 0 spiro atoms. The Hall–Kier alpha value is -3.87. The largest absolute Gasteiger partial charge is 0.494 e. The fraction of sp³-hybridized carbons (Fsp3) is 0.500. The first kappa shape index (κ1) is 26.7. The number of imidazole rings is 1. The molecular weight excluding hydrogens is 512 g/mol. The van der Waals surface area contributed by atoms with E-state index in [2.05, 4.69) is 15.0 Å². The SMILES string of the molecule is COc1cccc2c1nc(C(F)F)n2-c1nc(C2=CCOCC2)nc(N2CCN(C(=O)OC(C)(C)C)CC2)n1. The number of fused-ring (bicyclic) bond motifs is 1. The number of aromatic nitrogens is 5. The summed E-state index contributed by atoms with van der Waals surface area (Å²) in [4.78, 5) is 34.2. The highest BCUT2D eigenvalue weighted by atomic mass is 19.3. The third-order valence-corrected chi connectivity index (χ3v) is 6.37. The number of halogens is 2. The molecule has 39 heavy (non-hydrogen) atoms. The van der Waals surface area contributed by atoms with Gasteiger partial charge in [0.25, 0.3) is 6.43 Å². The fourth-order valence-corrected chi connectivity index (χ4v) is 4.50. The number of amides is 1. The van der Waals surface area contributed by atoms with Crippen LogP contribution < -0.4 is 9.64 Å². The molecule has 0 saturated carbocycles. The van der Waals surface area contributed by atoms with Gasteiger partial charge in [0.05, 0.1) is 25.8 Å². The topological polar surface area (TPSA) is 108 Å². The molecule has 0 atom stereocenters. The van der Waals surface area contributed by atoms with Crippen molar-refractivity contribution in [3.05, 3.63) is 35.9 Å². The van der Waals surface area contributed by atoms with E-state index in [-0.39, 0.29) is 17.6 Å². The van der Waals surface area contributed by atoms with Crippen LogP contribution in [-0.2, 0) is 9.47 Å². The molecule has 2 aromatic heterocycles. The van der Waals surface area contributed by atoms with Crippen molar-refractivity contribution in [3.8, 4) is 11.7 Å². The van der Waals surface area contributed by atoms with Crippen molar-refractivity contribution in [3.63, 3.8) is 0 Å². The summed E-state index contributed by atoms with van der Waals surface area (Å²) in [5, 5.41) is 0. The highest BCUT2D eigenvalue weighted by Crippen LogP contribution is 2.32. The van der Waals surface area contributed by atoms with Crippen LogP contribution >= 0.6 is 0 Å². The van der Waals surface area contributed by atoms with Gasteiger partial charge in [0, 0.05) is 26.2 Å². The van der Waals surface area contributed by atoms with Crippen molar-refractivity contribution in [2.75, 3.05) is 51.4 Å². The lowest BCUT2D eigenvalue weighted by Crippen LogP contribution is -2.50. The number of carbonyl (C=O) groups excluding carboxylic acids is 1. The average molecular weight is 544 g/mol. The molecule has 1 amide bonds. The summed E-state index contributed by atoms with van der Waals surface area (Å²) in [5.74, 6) is 0.624. The number of nitrogens with zero attached hydrogens (tertiary/aromatic N) is 7. The Morgan fingerprint density at radius 3 is 2.44 bits per heavy atom. The Morgan fingerprint density at radius 2 is 1.79 bits per heavy atom. The van der Waals surface area contributed by atoms with E-state index in [1.165, 1.54) is 11.7 Å². The Labute approximate surface area is 224 Å². The van der Waals surface area contributed by atoms with E-state index in [0.717, 1.165) is 5.57 Å². The van der Waals surface area contributed by atoms with E-state index in [9.17, 15) is 13.6 Å². The van der Waals surface area contributed by atoms with Crippen LogP contribution in [0.5, 0.6) is 5.75 Å². The Bertz CT molecular complexity index is 1390.